The van der Waals surface area contributed by atoms with Crippen LogP contribution in [0.2, 0.25) is 0 Å². The zero-order valence-electron chi connectivity index (χ0n) is 14.1. The van der Waals surface area contributed by atoms with Crippen molar-refractivity contribution in [3.05, 3.63) is 83.7 Å². The number of hydrogen-bond acceptors (Lipinski definition) is 2. The number of nitrogens with zero attached hydrogens (tertiary/aromatic N) is 2. The predicted octanol–water partition coefficient (Wildman–Crippen LogP) is 4.63. The van der Waals surface area contributed by atoms with E-state index in [4.69, 9.17) is 4.74 Å². The van der Waals surface area contributed by atoms with Crippen molar-refractivity contribution < 1.29 is 4.74 Å². The topological polar surface area (TPSA) is 17.4 Å². The molecule has 3 heteroatoms. The molecule has 0 amide bonds. The molecule has 2 heterocycles. The number of aryl methyl sites for hydroxylation is 2. The summed E-state index contributed by atoms with van der Waals surface area (Å²) in [6.07, 6.45) is 4.28. The summed E-state index contributed by atoms with van der Waals surface area (Å²) in [6, 6.07) is 19.3. The van der Waals surface area contributed by atoms with Crippen molar-refractivity contribution in [1.82, 2.24) is 4.57 Å². The quantitative estimate of drug-likeness (QED) is 0.700. The lowest BCUT2D eigenvalue weighted by atomic mass is 10.2. The molecule has 1 atom stereocenters. The first-order valence-corrected chi connectivity index (χ1v) is 8.41. The van der Waals surface area contributed by atoms with Crippen LogP contribution >= 0.6 is 0 Å². The van der Waals surface area contributed by atoms with E-state index in [0.29, 0.717) is 0 Å². The number of ether oxygens (including phenoxy) is 1. The SMILES string of the molecule is Cc1ccc(N2CCO[C@@H]2c2ccn(-c3ccccc3C)c2)cc1. The van der Waals surface area contributed by atoms with Crippen LogP contribution in [0, 0.1) is 13.8 Å². The Morgan fingerprint density at radius 3 is 2.54 bits per heavy atom. The first-order chi connectivity index (χ1) is 11.7. The van der Waals surface area contributed by atoms with Crippen molar-refractivity contribution >= 4 is 5.69 Å². The van der Waals surface area contributed by atoms with Gasteiger partial charge in [-0.05, 0) is 43.7 Å². The van der Waals surface area contributed by atoms with E-state index < -0.39 is 0 Å². The number of hydrogen-bond donors (Lipinski definition) is 0. The van der Waals surface area contributed by atoms with Crippen molar-refractivity contribution in [3.8, 4) is 5.69 Å². The number of benzene rings is 2. The Kier molecular flexibility index (Phi) is 3.87. The minimum Gasteiger partial charge on any atom is -0.352 e. The van der Waals surface area contributed by atoms with Crippen LogP contribution in [0.15, 0.2) is 67.0 Å². The molecule has 1 aromatic heterocycles. The van der Waals surface area contributed by atoms with E-state index in [1.54, 1.807) is 0 Å². The van der Waals surface area contributed by atoms with Gasteiger partial charge in [0.1, 0.15) is 0 Å². The van der Waals surface area contributed by atoms with Crippen molar-refractivity contribution in [1.29, 1.82) is 0 Å². The van der Waals surface area contributed by atoms with E-state index in [1.165, 1.54) is 28.1 Å². The first-order valence-electron chi connectivity index (χ1n) is 8.41. The largest absolute Gasteiger partial charge is 0.352 e. The molecule has 0 radical (unpaired) electrons. The van der Waals surface area contributed by atoms with Crippen molar-refractivity contribution in [2.45, 2.75) is 20.1 Å². The van der Waals surface area contributed by atoms with Gasteiger partial charge < -0.3 is 14.2 Å². The summed E-state index contributed by atoms with van der Waals surface area (Å²) in [6.45, 7) is 5.93. The van der Waals surface area contributed by atoms with E-state index in [9.17, 15) is 0 Å². The smallest absolute Gasteiger partial charge is 0.158 e. The summed E-state index contributed by atoms with van der Waals surface area (Å²) in [4.78, 5) is 2.33. The zero-order chi connectivity index (χ0) is 16.5. The monoisotopic (exact) mass is 318 g/mol. The molecule has 3 nitrogen and oxygen atoms in total. The van der Waals surface area contributed by atoms with Crippen LogP contribution in [-0.4, -0.2) is 17.7 Å². The molecule has 3 aromatic rings. The summed E-state index contributed by atoms with van der Waals surface area (Å²) in [5, 5.41) is 0. The second-order valence-corrected chi connectivity index (χ2v) is 6.39. The summed E-state index contributed by atoms with van der Waals surface area (Å²) >= 11 is 0. The maximum atomic E-state index is 6.03. The van der Waals surface area contributed by atoms with Gasteiger partial charge in [-0.2, -0.15) is 0 Å². The molecule has 1 fully saturated rings. The minimum absolute atomic E-state index is 0.0158. The highest BCUT2D eigenvalue weighted by atomic mass is 16.5. The molecular formula is C21H22N2O. The minimum atomic E-state index is -0.0158. The Morgan fingerprint density at radius 2 is 1.75 bits per heavy atom. The lowest BCUT2D eigenvalue weighted by Gasteiger charge is -2.24. The van der Waals surface area contributed by atoms with Gasteiger partial charge in [0, 0.05) is 35.9 Å². The number of anilines is 1. The van der Waals surface area contributed by atoms with Crippen molar-refractivity contribution in [2.75, 3.05) is 18.1 Å². The molecule has 0 spiro atoms. The van der Waals surface area contributed by atoms with E-state index >= 15 is 0 Å². The molecular weight excluding hydrogens is 296 g/mol. The van der Waals surface area contributed by atoms with E-state index in [0.717, 1.165) is 13.2 Å². The fourth-order valence-corrected chi connectivity index (χ4v) is 3.31. The highest BCUT2D eigenvalue weighted by Crippen LogP contribution is 2.33. The molecule has 0 aliphatic carbocycles. The molecule has 24 heavy (non-hydrogen) atoms. The zero-order valence-corrected chi connectivity index (χ0v) is 14.1. The van der Waals surface area contributed by atoms with Gasteiger partial charge in [0.25, 0.3) is 0 Å². The molecule has 1 saturated heterocycles. The van der Waals surface area contributed by atoms with Gasteiger partial charge in [0.2, 0.25) is 0 Å². The van der Waals surface area contributed by atoms with Crippen LogP contribution in [0.4, 0.5) is 5.69 Å². The van der Waals surface area contributed by atoms with Gasteiger partial charge in [-0.15, -0.1) is 0 Å². The Hall–Kier alpha value is -2.52. The van der Waals surface area contributed by atoms with E-state index in [1.807, 2.05) is 0 Å². The average molecular weight is 318 g/mol. The Bertz CT molecular complexity index is 835. The van der Waals surface area contributed by atoms with Crippen LogP contribution < -0.4 is 4.90 Å². The lowest BCUT2D eigenvalue weighted by Crippen LogP contribution is -2.22. The lowest BCUT2D eigenvalue weighted by molar-refractivity contribution is 0.114. The van der Waals surface area contributed by atoms with Gasteiger partial charge in [0.05, 0.1) is 6.61 Å². The van der Waals surface area contributed by atoms with Crippen molar-refractivity contribution in [3.63, 3.8) is 0 Å². The highest BCUT2D eigenvalue weighted by Gasteiger charge is 2.27. The standard InChI is InChI=1S/C21H22N2O/c1-16-7-9-19(10-8-16)23-13-14-24-21(23)18-11-12-22(15-18)20-6-4-3-5-17(20)2/h3-12,15,21H,13-14H2,1-2H3/t21-/m1/s1. The van der Waals surface area contributed by atoms with Crippen LogP contribution in [0.25, 0.3) is 5.69 Å². The fraction of sp³-hybridized carbons (Fsp3) is 0.238. The van der Waals surface area contributed by atoms with Gasteiger partial charge in [-0.25, -0.2) is 0 Å². The normalized spacial score (nSPS) is 17.4. The van der Waals surface area contributed by atoms with Crippen LogP contribution in [-0.2, 0) is 4.74 Å². The van der Waals surface area contributed by atoms with E-state index in [2.05, 4.69) is 90.3 Å². The summed E-state index contributed by atoms with van der Waals surface area (Å²) in [5.41, 5.74) is 6.16. The summed E-state index contributed by atoms with van der Waals surface area (Å²) < 4.78 is 8.21. The maximum absolute atomic E-state index is 6.03. The molecule has 2 aromatic carbocycles. The first kappa shape index (κ1) is 15.0. The summed E-state index contributed by atoms with van der Waals surface area (Å²) in [7, 11) is 0. The molecule has 4 rings (SSSR count). The van der Waals surface area contributed by atoms with Crippen LogP contribution in [0.5, 0.6) is 0 Å². The Balaban J connectivity index is 1.64. The highest BCUT2D eigenvalue weighted by molar-refractivity contribution is 5.50. The summed E-state index contributed by atoms with van der Waals surface area (Å²) in [5.74, 6) is 0. The molecule has 1 aliphatic heterocycles. The number of aromatic nitrogens is 1. The molecule has 122 valence electrons. The second kappa shape index (κ2) is 6.17. The predicted molar refractivity (Wildman–Crippen MR) is 97.7 cm³/mol. The van der Waals surface area contributed by atoms with E-state index in [-0.39, 0.29) is 6.23 Å². The number of para-hydroxylation sites is 1. The Morgan fingerprint density at radius 1 is 0.958 bits per heavy atom. The van der Waals surface area contributed by atoms with Gasteiger partial charge in [-0.3, -0.25) is 0 Å². The third kappa shape index (κ3) is 2.72. The van der Waals surface area contributed by atoms with Gasteiger partial charge in [-0.1, -0.05) is 35.9 Å². The van der Waals surface area contributed by atoms with Crippen molar-refractivity contribution in [2.24, 2.45) is 0 Å². The fourth-order valence-electron chi connectivity index (χ4n) is 3.31. The second-order valence-electron chi connectivity index (χ2n) is 6.39. The van der Waals surface area contributed by atoms with Gasteiger partial charge >= 0.3 is 0 Å². The third-order valence-corrected chi connectivity index (χ3v) is 4.65. The molecule has 1 aliphatic rings. The van der Waals surface area contributed by atoms with Gasteiger partial charge in [0.15, 0.2) is 6.23 Å². The molecule has 0 saturated carbocycles. The van der Waals surface area contributed by atoms with Crippen LogP contribution in [0.3, 0.4) is 0 Å². The number of rotatable bonds is 3. The average Bonchev–Trinajstić information content (AvgIpc) is 3.25. The molecule has 0 bridgehead atoms. The third-order valence-electron chi connectivity index (χ3n) is 4.65. The maximum Gasteiger partial charge on any atom is 0.158 e. The van der Waals surface area contributed by atoms with Crippen LogP contribution in [0.1, 0.15) is 22.9 Å². The molecule has 0 N–H and O–H groups in total. The Labute approximate surface area is 143 Å². The molecule has 0 unspecified atom stereocenters.